The SMILES string of the molecule is COC(=O)[C@@H]1[C@@H](C)OC(=O)N1C. The molecule has 1 heterocycles. The highest BCUT2D eigenvalue weighted by atomic mass is 16.6. The highest BCUT2D eigenvalue weighted by Crippen LogP contribution is 2.17. The van der Waals surface area contributed by atoms with Gasteiger partial charge in [-0.2, -0.15) is 0 Å². The lowest BCUT2D eigenvalue weighted by molar-refractivity contribution is -0.146. The fourth-order valence-electron chi connectivity index (χ4n) is 1.21. The fraction of sp³-hybridized carbons (Fsp3) is 0.714. The second-order valence-corrected chi connectivity index (χ2v) is 2.67. The van der Waals surface area contributed by atoms with Gasteiger partial charge < -0.3 is 9.47 Å². The maximum Gasteiger partial charge on any atom is 0.410 e. The molecule has 0 aromatic carbocycles. The number of esters is 1. The molecule has 0 aromatic rings. The molecule has 0 radical (unpaired) electrons. The Bertz CT molecular complexity index is 215. The van der Waals surface area contributed by atoms with E-state index >= 15 is 0 Å². The van der Waals surface area contributed by atoms with Crippen molar-refractivity contribution < 1.29 is 19.1 Å². The van der Waals surface area contributed by atoms with E-state index in [1.807, 2.05) is 0 Å². The van der Waals surface area contributed by atoms with Crippen LogP contribution in [-0.2, 0) is 14.3 Å². The first kappa shape index (κ1) is 8.83. The van der Waals surface area contributed by atoms with Gasteiger partial charge in [0.1, 0.15) is 6.10 Å². The molecule has 0 bridgehead atoms. The maximum atomic E-state index is 11.1. The monoisotopic (exact) mass is 173 g/mol. The molecule has 1 amide bonds. The third kappa shape index (κ3) is 1.22. The van der Waals surface area contributed by atoms with Crippen molar-refractivity contribution in [2.24, 2.45) is 0 Å². The Labute approximate surface area is 70.2 Å². The Morgan fingerprint density at radius 2 is 2.25 bits per heavy atom. The average molecular weight is 173 g/mol. The topological polar surface area (TPSA) is 55.8 Å². The predicted octanol–water partition coefficient (Wildman–Crippen LogP) is -0.00150. The zero-order valence-corrected chi connectivity index (χ0v) is 7.23. The molecule has 2 atom stereocenters. The summed E-state index contributed by atoms with van der Waals surface area (Å²) in [5, 5.41) is 0. The molecule has 1 rings (SSSR count). The van der Waals surface area contributed by atoms with Crippen LogP contribution in [0.4, 0.5) is 4.79 Å². The van der Waals surface area contributed by atoms with Crippen LogP contribution in [0.1, 0.15) is 6.92 Å². The van der Waals surface area contributed by atoms with Crippen LogP contribution in [0.15, 0.2) is 0 Å². The molecule has 1 aliphatic rings. The van der Waals surface area contributed by atoms with Gasteiger partial charge >= 0.3 is 12.1 Å². The maximum absolute atomic E-state index is 11.1. The molecule has 1 aliphatic heterocycles. The van der Waals surface area contributed by atoms with Crippen LogP contribution in [0.2, 0.25) is 0 Å². The quantitative estimate of drug-likeness (QED) is 0.524. The van der Waals surface area contributed by atoms with Gasteiger partial charge in [0.05, 0.1) is 7.11 Å². The van der Waals surface area contributed by atoms with Crippen molar-refractivity contribution in [2.75, 3.05) is 14.2 Å². The van der Waals surface area contributed by atoms with E-state index < -0.39 is 24.2 Å². The van der Waals surface area contributed by atoms with Crippen molar-refractivity contribution in [3.8, 4) is 0 Å². The number of rotatable bonds is 1. The minimum absolute atomic E-state index is 0.435. The molecule has 5 nitrogen and oxygen atoms in total. The van der Waals surface area contributed by atoms with Crippen molar-refractivity contribution in [3.63, 3.8) is 0 Å². The summed E-state index contributed by atoms with van der Waals surface area (Å²) in [4.78, 5) is 23.2. The van der Waals surface area contributed by atoms with Gasteiger partial charge in [-0.15, -0.1) is 0 Å². The first-order valence-corrected chi connectivity index (χ1v) is 3.59. The van der Waals surface area contributed by atoms with E-state index in [-0.39, 0.29) is 0 Å². The summed E-state index contributed by atoms with van der Waals surface area (Å²) in [6.07, 6.45) is -0.923. The highest BCUT2D eigenvalue weighted by Gasteiger charge is 2.42. The Morgan fingerprint density at radius 3 is 2.58 bits per heavy atom. The van der Waals surface area contributed by atoms with Gasteiger partial charge in [-0.1, -0.05) is 0 Å². The molecule has 0 saturated carbocycles. The summed E-state index contributed by atoms with van der Waals surface area (Å²) >= 11 is 0. The summed E-state index contributed by atoms with van der Waals surface area (Å²) in [7, 11) is 2.79. The third-order valence-corrected chi connectivity index (χ3v) is 1.88. The van der Waals surface area contributed by atoms with E-state index in [1.54, 1.807) is 6.92 Å². The molecule has 0 aromatic heterocycles. The number of cyclic esters (lactones) is 1. The molecule has 68 valence electrons. The van der Waals surface area contributed by atoms with Crippen LogP contribution in [0, 0.1) is 0 Å². The van der Waals surface area contributed by atoms with Gasteiger partial charge in [0.25, 0.3) is 0 Å². The van der Waals surface area contributed by atoms with Crippen LogP contribution in [0.5, 0.6) is 0 Å². The lowest BCUT2D eigenvalue weighted by Gasteiger charge is -2.15. The smallest absolute Gasteiger partial charge is 0.410 e. The lowest BCUT2D eigenvalue weighted by Crippen LogP contribution is -2.40. The van der Waals surface area contributed by atoms with Gasteiger partial charge in [0.2, 0.25) is 0 Å². The Kier molecular flexibility index (Phi) is 2.21. The number of methoxy groups -OCH3 is 1. The van der Waals surface area contributed by atoms with Gasteiger partial charge in [-0.25, -0.2) is 9.59 Å². The van der Waals surface area contributed by atoms with Crippen molar-refractivity contribution in [1.29, 1.82) is 0 Å². The molecule has 1 saturated heterocycles. The zero-order chi connectivity index (χ0) is 9.30. The van der Waals surface area contributed by atoms with E-state index in [1.165, 1.54) is 19.1 Å². The third-order valence-electron chi connectivity index (χ3n) is 1.88. The molecule has 5 heteroatoms. The number of hydrogen-bond donors (Lipinski definition) is 0. The largest absolute Gasteiger partial charge is 0.467 e. The standard InChI is InChI=1S/C7H11NO4/c1-4-5(6(9)11-3)8(2)7(10)12-4/h4-5H,1-3H3/t4-,5+/m1/s1. The molecular formula is C7H11NO4. The van der Waals surface area contributed by atoms with E-state index in [4.69, 9.17) is 4.74 Å². The number of ether oxygens (including phenoxy) is 2. The summed E-state index contributed by atoms with van der Waals surface area (Å²) in [5.74, 6) is -0.448. The zero-order valence-electron chi connectivity index (χ0n) is 7.23. The average Bonchev–Trinajstić information content (AvgIpc) is 2.26. The van der Waals surface area contributed by atoms with Crippen molar-refractivity contribution in [3.05, 3.63) is 0 Å². The van der Waals surface area contributed by atoms with Gasteiger partial charge in [0, 0.05) is 7.05 Å². The fourth-order valence-corrected chi connectivity index (χ4v) is 1.21. The molecule has 1 fully saturated rings. The van der Waals surface area contributed by atoms with Crippen LogP contribution in [0.25, 0.3) is 0 Å². The van der Waals surface area contributed by atoms with Crippen LogP contribution < -0.4 is 0 Å². The highest BCUT2D eigenvalue weighted by molar-refractivity contribution is 5.84. The predicted molar refractivity (Wildman–Crippen MR) is 39.5 cm³/mol. The number of carbonyl (C=O) groups is 2. The summed E-state index contributed by atoms with van der Waals surface area (Å²) < 4.78 is 9.31. The lowest BCUT2D eigenvalue weighted by atomic mass is 10.2. The minimum atomic E-state index is -0.609. The molecule has 0 aliphatic carbocycles. The van der Waals surface area contributed by atoms with E-state index in [0.29, 0.717) is 0 Å². The van der Waals surface area contributed by atoms with Crippen LogP contribution >= 0.6 is 0 Å². The molecular weight excluding hydrogens is 162 g/mol. The van der Waals surface area contributed by atoms with Crippen LogP contribution in [0.3, 0.4) is 0 Å². The van der Waals surface area contributed by atoms with Crippen molar-refractivity contribution >= 4 is 12.1 Å². The normalized spacial score (nSPS) is 28.6. The number of carbonyl (C=O) groups excluding carboxylic acids is 2. The van der Waals surface area contributed by atoms with Gasteiger partial charge in [-0.05, 0) is 6.92 Å². The Morgan fingerprint density at radius 1 is 1.67 bits per heavy atom. The first-order chi connectivity index (χ1) is 5.57. The second-order valence-electron chi connectivity index (χ2n) is 2.67. The Hall–Kier alpha value is -1.26. The number of amides is 1. The van der Waals surface area contributed by atoms with E-state index in [9.17, 15) is 9.59 Å². The molecule has 12 heavy (non-hydrogen) atoms. The van der Waals surface area contributed by atoms with Crippen molar-refractivity contribution in [2.45, 2.75) is 19.1 Å². The van der Waals surface area contributed by atoms with E-state index in [0.717, 1.165) is 0 Å². The number of nitrogens with zero attached hydrogens (tertiary/aromatic N) is 1. The summed E-state index contributed by atoms with van der Waals surface area (Å²) in [6.45, 7) is 1.66. The van der Waals surface area contributed by atoms with E-state index in [2.05, 4.69) is 4.74 Å². The number of likely N-dealkylation sites (N-methyl/N-ethyl adjacent to an activating group) is 1. The molecule has 0 spiro atoms. The first-order valence-electron chi connectivity index (χ1n) is 3.59. The van der Waals surface area contributed by atoms with Gasteiger partial charge in [0.15, 0.2) is 6.04 Å². The summed E-state index contributed by atoms with van der Waals surface area (Å²) in [5.41, 5.74) is 0. The summed E-state index contributed by atoms with van der Waals surface area (Å²) in [6, 6.07) is -0.609. The number of hydrogen-bond acceptors (Lipinski definition) is 4. The van der Waals surface area contributed by atoms with Crippen LogP contribution in [-0.4, -0.2) is 43.3 Å². The second kappa shape index (κ2) is 3.00. The van der Waals surface area contributed by atoms with Crippen molar-refractivity contribution in [1.82, 2.24) is 4.90 Å². The minimum Gasteiger partial charge on any atom is -0.467 e. The molecule has 0 unspecified atom stereocenters. The van der Waals surface area contributed by atoms with Gasteiger partial charge in [-0.3, -0.25) is 4.90 Å². The Balaban J connectivity index is 2.76. The molecule has 0 N–H and O–H groups in total.